The molecular formula is C25H25N3O3S. The number of ether oxygens (including phenoxy) is 1. The van der Waals surface area contributed by atoms with Crippen LogP contribution in [0.25, 0.3) is 0 Å². The van der Waals surface area contributed by atoms with Crippen LogP contribution >= 0.6 is 11.3 Å². The topological polar surface area (TPSA) is 70.7 Å². The molecule has 32 heavy (non-hydrogen) atoms. The largest absolute Gasteiger partial charge is 0.423 e. The van der Waals surface area contributed by atoms with Gasteiger partial charge in [0.05, 0.1) is 11.1 Å². The van der Waals surface area contributed by atoms with Crippen molar-refractivity contribution in [2.24, 2.45) is 0 Å². The lowest BCUT2D eigenvalue weighted by atomic mass is 9.99. The van der Waals surface area contributed by atoms with Crippen LogP contribution in [0.2, 0.25) is 0 Å². The van der Waals surface area contributed by atoms with E-state index in [0.717, 1.165) is 35.6 Å². The molecule has 5 rings (SSSR count). The number of thiophene rings is 1. The van der Waals surface area contributed by atoms with E-state index in [-0.39, 0.29) is 12.1 Å². The third-order valence-corrected chi connectivity index (χ3v) is 7.18. The number of fused-ring (bicyclic) bond motifs is 3. The number of rotatable bonds is 4. The minimum atomic E-state index is -0.397. The first-order chi connectivity index (χ1) is 15.5. The van der Waals surface area contributed by atoms with E-state index in [9.17, 15) is 9.59 Å². The normalized spacial score (nSPS) is 17.8. The van der Waals surface area contributed by atoms with Crippen molar-refractivity contribution in [2.75, 3.05) is 11.9 Å². The highest BCUT2D eigenvalue weighted by Crippen LogP contribution is 2.41. The molecule has 0 saturated carbocycles. The Hall–Kier alpha value is -3.16. The van der Waals surface area contributed by atoms with Crippen molar-refractivity contribution in [3.05, 3.63) is 81.7 Å². The monoisotopic (exact) mass is 447 g/mol. The number of esters is 1. The van der Waals surface area contributed by atoms with Crippen LogP contribution in [0.5, 0.6) is 5.75 Å². The summed E-state index contributed by atoms with van der Waals surface area (Å²) >= 11 is 1.69. The van der Waals surface area contributed by atoms with Crippen molar-refractivity contribution in [1.29, 1.82) is 0 Å². The number of amides is 1. The van der Waals surface area contributed by atoms with Crippen molar-refractivity contribution in [2.45, 2.75) is 39.0 Å². The van der Waals surface area contributed by atoms with E-state index >= 15 is 0 Å². The van der Waals surface area contributed by atoms with Crippen molar-refractivity contribution in [3.63, 3.8) is 0 Å². The van der Waals surface area contributed by atoms with Crippen LogP contribution in [0.15, 0.2) is 54.6 Å². The van der Waals surface area contributed by atoms with E-state index in [1.807, 2.05) is 18.2 Å². The van der Waals surface area contributed by atoms with Gasteiger partial charge in [0.15, 0.2) is 0 Å². The highest BCUT2D eigenvalue weighted by atomic mass is 32.1. The molecule has 7 heteroatoms. The molecule has 1 atom stereocenters. The van der Waals surface area contributed by atoms with E-state index in [1.54, 1.807) is 47.7 Å². The van der Waals surface area contributed by atoms with E-state index in [1.165, 1.54) is 10.4 Å². The maximum atomic E-state index is 13.0. The van der Waals surface area contributed by atoms with Crippen LogP contribution in [-0.2, 0) is 13.0 Å². The number of benzene rings is 2. The standard InChI is InChI=1S/C25H25N3O3S/c1-15(2)28-13-12-19-20(14-28)32-24-21(19)23(29)26-22(27-24)16-8-10-18(11-9-16)31-25(30)17-6-4-3-5-7-17/h3-11,15,22,27H,12-14H2,1-2H3,(H,26,29)/t22-/m1/s1. The van der Waals surface area contributed by atoms with Gasteiger partial charge in [0.1, 0.15) is 16.9 Å². The van der Waals surface area contributed by atoms with Crippen LogP contribution < -0.4 is 15.4 Å². The van der Waals surface area contributed by atoms with Gasteiger partial charge in [0.25, 0.3) is 5.91 Å². The van der Waals surface area contributed by atoms with Gasteiger partial charge in [-0.3, -0.25) is 9.69 Å². The lowest BCUT2D eigenvalue weighted by Crippen LogP contribution is -2.39. The lowest BCUT2D eigenvalue weighted by molar-refractivity contribution is 0.0734. The molecule has 6 nitrogen and oxygen atoms in total. The average molecular weight is 448 g/mol. The summed E-state index contributed by atoms with van der Waals surface area (Å²) in [6.45, 7) is 6.29. The van der Waals surface area contributed by atoms with Gasteiger partial charge in [-0.25, -0.2) is 4.79 Å². The van der Waals surface area contributed by atoms with Crippen molar-refractivity contribution in [3.8, 4) is 5.75 Å². The molecule has 0 saturated heterocycles. The Morgan fingerprint density at radius 3 is 2.56 bits per heavy atom. The van der Waals surface area contributed by atoms with Gasteiger partial charge in [-0.15, -0.1) is 11.3 Å². The Morgan fingerprint density at radius 1 is 1.09 bits per heavy atom. The molecule has 3 aromatic rings. The second kappa shape index (κ2) is 8.41. The molecule has 0 radical (unpaired) electrons. The predicted molar refractivity (Wildman–Crippen MR) is 125 cm³/mol. The molecular weight excluding hydrogens is 422 g/mol. The minimum Gasteiger partial charge on any atom is -0.423 e. The second-order valence-electron chi connectivity index (χ2n) is 8.40. The molecule has 3 heterocycles. The van der Waals surface area contributed by atoms with Crippen LogP contribution in [0.1, 0.15) is 56.7 Å². The SMILES string of the molecule is CC(C)N1CCc2c(sc3c2C(=O)N[C@@H](c2ccc(OC(=O)c4ccccc4)cc2)N3)C1. The average Bonchev–Trinajstić information content (AvgIpc) is 3.18. The van der Waals surface area contributed by atoms with Crippen molar-refractivity contribution >= 4 is 28.2 Å². The number of nitrogens with one attached hydrogen (secondary N) is 2. The third kappa shape index (κ3) is 3.89. The summed E-state index contributed by atoms with van der Waals surface area (Å²) in [6.07, 6.45) is 0.579. The smallest absolute Gasteiger partial charge is 0.343 e. The quantitative estimate of drug-likeness (QED) is 0.452. The molecule has 1 aromatic heterocycles. The third-order valence-electron chi connectivity index (χ3n) is 6.03. The van der Waals surface area contributed by atoms with Gasteiger partial charge in [-0.2, -0.15) is 0 Å². The van der Waals surface area contributed by atoms with E-state index in [2.05, 4.69) is 29.4 Å². The fourth-order valence-corrected chi connectivity index (χ4v) is 5.51. The number of carbonyl (C=O) groups excluding carboxylic acids is 2. The van der Waals surface area contributed by atoms with Crippen molar-refractivity contribution < 1.29 is 14.3 Å². The predicted octanol–water partition coefficient (Wildman–Crippen LogP) is 4.59. The first-order valence-corrected chi connectivity index (χ1v) is 11.6. The first kappa shape index (κ1) is 20.7. The van der Waals surface area contributed by atoms with Gasteiger partial charge < -0.3 is 15.4 Å². The molecule has 1 amide bonds. The number of hydrogen-bond acceptors (Lipinski definition) is 6. The van der Waals surface area contributed by atoms with E-state index in [0.29, 0.717) is 17.4 Å². The van der Waals surface area contributed by atoms with E-state index < -0.39 is 5.97 Å². The van der Waals surface area contributed by atoms with Gasteiger partial charge in [0.2, 0.25) is 0 Å². The molecule has 2 N–H and O–H groups in total. The summed E-state index contributed by atoms with van der Waals surface area (Å²) in [5.41, 5.74) is 3.40. The fraction of sp³-hybridized carbons (Fsp3) is 0.280. The Kier molecular flexibility index (Phi) is 5.45. The summed E-state index contributed by atoms with van der Waals surface area (Å²) in [4.78, 5) is 28.9. The van der Waals surface area contributed by atoms with Gasteiger partial charge >= 0.3 is 5.97 Å². The summed E-state index contributed by atoms with van der Waals surface area (Å²) < 4.78 is 5.46. The minimum absolute atomic E-state index is 0.0289. The van der Waals surface area contributed by atoms with Gasteiger partial charge in [0, 0.05) is 24.0 Å². The molecule has 2 aromatic carbocycles. The molecule has 2 aliphatic heterocycles. The molecule has 0 unspecified atom stereocenters. The van der Waals surface area contributed by atoms with Crippen molar-refractivity contribution in [1.82, 2.24) is 10.2 Å². The van der Waals surface area contributed by atoms with Crippen LogP contribution in [0, 0.1) is 0 Å². The highest BCUT2D eigenvalue weighted by Gasteiger charge is 2.33. The summed E-state index contributed by atoms with van der Waals surface area (Å²) in [7, 11) is 0. The van der Waals surface area contributed by atoms with Crippen LogP contribution in [0.4, 0.5) is 5.00 Å². The molecule has 2 aliphatic rings. The fourth-order valence-electron chi connectivity index (χ4n) is 4.21. The van der Waals surface area contributed by atoms with E-state index in [4.69, 9.17) is 4.74 Å². The summed E-state index contributed by atoms with van der Waals surface area (Å²) in [6, 6.07) is 16.6. The number of carbonyl (C=O) groups is 2. The summed E-state index contributed by atoms with van der Waals surface area (Å²) in [5.74, 6) is 0.0383. The zero-order valence-electron chi connectivity index (χ0n) is 18.1. The number of nitrogens with zero attached hydrogens (tertiary/aromatic N) is 1. The number of hydrogen-bond donors (Lipinski definition) is 2. The lowest BCUT2D eigenvalue weighted by Gasteiger charge is -2.31. The zero-order chi connectivity index (χ0) is 22.2. The Balaban J connectivity index is 1.31. The van der Waals surface area contributed by atoms with Gasteiger partial charge in [-0.05, 0) is 55.7 Å². The second-order valence-corrected chi connectivity index (χ2v) is 9.50. The molecule has 0 fully saturated rings. The first-order valence-electron chi connectivity index (χ1n) is 10.8. The van der Waals surface area contributed by atoms with Crippen LogP contribution in [-0.4, -0.2) is 29.4 Å². The van der Waals surface area contributed by atoms with Crippen LogP contribution in [0.3, 0.4) is 0 Å². The molecule has 0 aliphatic carbocycles. The van der Waals surface area contributed by atoms with Gasteiger partial charge in [-0.1, -0.05) is 30.3 Å². The Morgan fingerprint density at radius 2 is 1.84 bits per heavy atom. The molecule has 164 valence electrons. The maximum Gasteiger partial charge on any atom is 0.343 e. The zero-order valence-corrected chi connectivity index (χ0v) is 18.9. The molecule has 0 bridgehead atoms. The maximum absolute atomic E-state index is 13.0. The Bertz CT molecular complexity index is 1160. The Labute approximate surface area is 191 Å². The molecule has 0 spiro atoms. The number of anilines is 1. The highest BCUT2D eigenvalue weighted by molar-refractivity contribution is 7.16. The summed E-state index contributed by atoms with van der Waals surface area (Å²) in [5, 5.41) is 7.51.